The van der Waals surface area contributed by atoms with E-state index in [1.807, 2.05) is 0 Å². The smallest absolute Gasteiger partial charge is 0.383 e. The zero-order chi connectivity index (χ0) is 16.3. The summed E-state index contributed by atoms with van der Waals surface area (Å²) >= 11 is 0. The van der Waals surface area contributed by atoms with Crippen LogP contribution in [-0.4, -0.2) is 74.0 Å². The standard InChI is InChI=1S/C14H24F3N3O2/c1-10-7-19(5-6-20(10)9-14(15,16)17)13(21)18-12(8-22-2)11-3-4-11/h10-12H,3-9H2,1-2H3,(H,18,21). The van der Waals surface area contributed by atoms with Gasteiger partial charge in [0, 0.05) is 32.8 Å². The van der Waals surface area contributed by atoms with E-state index in [9.17, 15) is 18.0 Å². The first-order valence-corrected chi connectivity index (χ1v) is 7.65. The Bertz CT molecular complexity index is 388. The van der Waals surface area contributed by atoms with E-state index in [0.29, 0.717) is 25.6 Å². The molecule has 1 heterocycles. The predicted octanol–water partition coefficient (Wildman–Crippen LogP) is 1.69. The molecule has 8 heteroatoms. The van der Waals surface area contributed by atoms with E-state index in [0.717, 1.165) is 12.8 Å². The Kier molecular flexibility index (Phi) is 5.55. The maximum absolute atomic E-state index is 12.5. The van der Waals surface area contributed by atoms with Crippen molar-refractivity contribution < 1.29 is 22.7 Å². The molecule has 1 saturated heterocycles. The summed E-state index contributed by atoms with van der Waals surface area (Å²) in [7, 11) is 1.60. The van der Waals surface area contributed by atoms with E-state index in [1.165, 1.54) is 4.90 Å². The molecule has 2 atom stereocenters. The summed E-state index contributed by atoms with van der Waals surface area (Å²) in [5, 5.41) is 2.95. The zero-order valence-corrected chi connectivity index (χ0v) is 13.0. The Balaban J connectivity index is 1.82. The molecule has 2 aliphatic rings. The quantitative estimate of drug-likeness (QED) is 0.837. The predicted molar refractivity (Wildman–Crippen MR) is 75.6 cm³/mol. The molecule has 128 valence electrons. The number of carbonyl (C=O) groups is 1. The van der Waals surface area contributed by atoms with Crippen LogP contribution in [0.2, 0.25) is 0 Å². The van der Waals surface area contributed by atoms with Crippen LogP contribution in [0.3, 0.4) is 0 Å². The number of methoxy groups -OCH3 is 1. The highest BCUT2D eigenvalue weighted by molar-refractivity contribution is 5.74. The van der Waals surface area contributed by atoms with Gasteiger partial charge in [0.05, 0.1) is 19.2 Å². The lowest BCUT2D eigenvalue weighted by atomic mass is 10.2. The molecular formula is C14H24F3N3O2. The number of urea groups is 1. The molecule has 2 fully saturated rings. The molecule has 0 radical (unpaired) electrons. The van der Waals surface area contributed by atoms with Gasteiger partial charge in [-0.05, 0) is 25.7 Å². The van der Waals surface area contributed by atoms with Crippen molar-refractivity contribution in [2.45, 2.75) is 38.0 Å². The minimum absolute atomic E-state index is 0.000936. The highest BCUT2D eigenvalue weighted by Crippen LogP contribution is 2.32. The van der Waals surface area contributed by atoms with Crippen LogP contribution < -0.4 is 5.32 Å². The Morgan fingerprint density at radius 1 is 1.36 bits per heavy atom. The highest BCUT2D eigenvalue weighted by atomic mass is 19.4. The Hall–Kier alpha value is -1.02. The molecule has 2 unspecified atom stereocenters. The largest absolute Gasteiger partial charge is 0.401 e. The molecule has 1 aliphatic carbocycles. The third kappa shape index (κ3) is 5.01. The number of hydrogen-bond acceptors (Lipinski definition) is 3. The summed E-state index contributed by atoms with van der Waals surface area (Å²) < 4.78 is 42.5. The molecule has 5 nitrogen and oxygen atoms in total. The molecule has 1 N–H and O–H groups in total. The summed E-state index contributed by atoms with van der Waals surface area (Å²) in [6, 6.07) is -0.503. The van der Waals surface area contributed by atoms with Crippen molar-refractivity contribution in [2.75, 3.05) is 39.9 Å². The van der Waals surface area contributed by atoms with Crippen LogP contribution in [0.25, 0.3) is 0 Å². The van der Waals surface area contributed by atoms with E-state index in [-0.39, 0.29) is 24.7 Å². The highest BCUT2D eigenvalue weighted by Gasteiger charge is 2.37. The molecule has 2 amide bonds. The number of alkyl halides is 3. The van der Waals surface area contributed by atoms with Crippen LogP contribution in [0, 0.1) is 5.92 Å². The van der Waals surface area contributed by atoms with E-state index < -0.39 is 12.7 Å². The van der Waals surface area contributed by atoms with Crippen molar-refractivity contribution in [3.05, 3.63) is 0 Å². The van der Waals surface area contributed by atoms with E-state index >= 15 is 0 Å². The Morgan fingerprint density at radius 3 is 2.55 bits per heavy atom. The molecule has 1 aliphatic heterocycles. The summed E-state index contributed by atoms with van der Waals surface area (Å²) in [6.07, 6.45) is -2.03. The molecular weight excluding hydrogens is 299 g/mol. The van der Waals surface area contributed by atoms with Gasteiger partial charge in [0.25, 0.3) is 0 Å². The van der Waals surface area contributed by atoms with Crippen LogP contribution in [0.15, 0.2) is 0 Å². The average molecular weight is 323 g/mol. The van der Waals surface area contributed by atoms with E-state index in [2.05, 4.69) is 5.32 Å². The minimum atomic E-state index is -4.20. The topological polar surface area (TPSA) is 44.8 Å². The molecule has 0 aromatic rings. The van der Waals surface area contributed by atoms with Gasteiger partial charge in [-0.2, -0.15) is 13.2 Å². The Labute approximate surface area is 128 Å². The van der Waals surface area contributed by atoms with Crippen LogP contribution in [0.1, 0.15) is 19.8 Å². The van der Waals surface area contributed by atoms with Crippen molar-refractivity contribution in [3.63, 3.8) is 0 Å². The number of hydrogen-bond donors (Lipinski definition) is 1. The minimum Gasteiger partial charge on any atom is -0.383 e. The number of rotatable bonds is 5. The second-order valence-electron chi connectivity index (χ2n) is 6.23. The van der Waals surface area contributed by atoms with Gasteiger partial charge in [-0.15, -0.1) is 0 Å². The van der Waals surface area contributed by atoms with Gasteiger partial charge in [-0.25, -0.2) is 4.79 Å². The third-order valence-electron chi connectivity index (χ3n) is 4.28. The number of halogens is 3. The van der Waals surface area contributed by atoms with Crippen molar-refractivity contribution in [1.82, 2.24) is 15.1 Å². The number of nitrogens with one attached hydrogen (secondary N) is 1. The van der Waals surface area contributed by atoms with Crippen LogP contribution >= 0.6 is 0 Å². The normalized spacial score (nSPS) is 25.1. The first-order valence-electron chi connectivity index (χ1n) is 7.65. The lowest BCUT2D eigenvalue weighted by molar-refractivity contribution is -0.153. The van der Waals surface area contributed by atoms with Crippen LogP contribution in [-0.2, 0) is 4.74 Å². The zero-order valence-electron chi connectivity index (χ0n) is 13.0. The monoisotopic (exact) mass is 323 g/mol. The lowest BCUT2D eigenvalue weighted by Crippen LogP contribution is -2.58. The van der Waals surface area contributed by atoms with Crippen molar-refractivity contribution >= 4 is 6.03 Å². The molecule has 22 heavy (non-hydrogen) atoms. The summed E-state index contributed by atoms with van der Waals surface area (Å²) in [4.78, 5) is 15.2. The molecule has 1 saturated carbocycles. The van der Waals surface area contributed by atoms with Crippen molar-refractivity contribution in [3.8, 4) is 0 Å². The number of nitrogens with zero attached hydrogens (tertiary/aromatic N) is 2. The van der Waals surface area contributed by atoms with Gasteiger partial charge in [-0.3, -0.25) is 4.90 Å². The first-order chi connectivity index (χ1) is 10.3. The van der Waals surface area contributed by atoms with Gasteiger partial charge in [0.2, 0.25) is 0 Å². The molecule has 2 rings (SSSR count). The van der Waals surface area contributed by atoms with Crippen LogP contribution in [0.5, 0.6) is 0 Å². The second kappa shape index (κ2) is 7.04. The van der Waals surface area contributed by atoms with E-state index in [4.69, 9.17) is 4.74 Å². The average Bonchev–Trinajstić information content (AvgIpc) is 3.23. The summed E-state index contributed by atoms with van der Waals surface area (Å²) in [5.74, 6) is 0.466. The maximum Gasteiger partial charge on any atom is 0.401 e. The number of amides is 2. The van der Waals surface area contributed by atoms with Gasteiger partial charge in [0.15, 0.2) is 0 Å². The fourth-order valence-electron chi connectivity index (χ4n) is 2.87. The fourth-order valence-corrected chi connectivity index (χ4v) is 2.87. The third-order valence-corrected chi connectivity index (χ3v) is 4.28. The molecule has 0 aromatic carbocycles. The summed E-state index contributed by atoms with van der Waals surface area (Å²) in [6.45, 7) is 2.14. The number of carbonyl (C=O) groups excluding carboxylic acids is 1. The Morgan fingerprint density at radius 2 is 2.05 bits per heavy atom. The number of ether oxygens (including phenoxy) is 1. The first kappa shape index (κ1) is 17.3. The molecule has 0 spiro atoms. The maximum atomic E-state index is 12.5. The summed E-state index contributed by atoms with van der Waals surface area (Å²) in [5.41, 5.74) is 0. The SMILES string of the molecule is COCC(NC(=O)N1CCN(CC(F)(F)F)C(C)C1)C1CC1. The molecule has 0 bridgehead atoms. The van der Waals surface area contributed by atoms with Gasteiger partial charge < -0.3 is 15.0 Å². The van der Waals surface area contributed by atoms with Gasteiger partial charge >= 0.3 is 12.2 Å². The molecule has 0 aromatic heterocycles. The van der Waals surface area contributed by atoms with Crippen molar-refractivity contribution in [1.29, 1.82) is 0 Å². The van der Waals surface area contributed by atoms with Gasteiger partial charge in [-0.1, -0.05) is 0 Å². The second-order valence-corrected chi connectivity index (χ2v) is 6.23. The number of piperazine rings is 1. The van der Waals surface area contributed by atoms with Gasteiger partial charge in [0.1, 0.15) is 0 Å². The van der Waals surface area contributed by atoms with E-state index in [1.54, 1.807) is 18.9 Å². The lowest BCUT2D eigenvalue weighted by Gasteiger charge is -2.40. The van der Waals surface area contributed by atoms with Crippen molar-refractivity contribution in [2.24, 2.45) is 5.92 Å². The fraction of sp³-hybridized carbons (Fsp3) is 0.929. The van der Waals surface area contributed by atoms with Crippen LogP contribution in [0.4, 0.5) is 18.0 Å².